The minimum absolute atomic E-state index is 0.0368. The Kier molecular flexibility index (Phi) is 3.57. The van der Waals surface area contributed by atoms with Crippen molar-refractivity contribution in [3.63, 3.8) is 0 Å². The molecule has 1 aromatic heterocycles. The van der Waals surface area contributed by atoms with Crippen molar-refractivity contribution in [2.75, 3.05) is 4.72 Å². The highest BCUT2D eigenvalue weighted by Gasteiger charge is 2.20. The largest absolute Gasteiger partial charge is 0.475 e. The summed E-state index contributed by atoms with van der Waals surface area (Å²) >= 11 is 0. The van der Waals surface area contributed by atoms with E-state index in [1.165, 1.54) is 18.2 Å². The van der Waals surface area contributed by atoms with E-state index < -0.39 is 16.0 Å². The number of carboxylic acid groups (broad SMARTS) is 1. The molecule has 0 bridgehead atoms. The summed E-state index contributed by atoms with van der Waals surface area (Å²) < 4.78 is 32.6. The summed E-state index contributed by atoms with van der Waals surface area (Å²) in [5.41, 5.74) is 1.17. The van der Waals surface area contributed by atoms with Crippen molar-refractivity contribution in [3.8, 4) is 0 Å². The number of carboxylic acids is 1. The zero-order valence-electron chi connectivity index (χ0n) is 12.1. The van der Waals surface area contributed by atoms with Crippen molar-refractivity contribution >= 4 is 32.6 Å². The molecule has 0 amide bonds. The Labute approximate surface area is 132 Å². The summed E-state index contributed by atoms with van der Waals surface area (Å²) in [6.45, 7) is 1.58. The van der Waals surface area contributed by atoms with E-state index in [9.17, 15) is 13.2 Å². The number of nitrogens with one attached hydrogen (secondary N) is 1. The summed E-state index contributed by atoms with van der Waals surface area (Å²) in [4.78, 5) is 11.1. The van der Waals surface area contributed by atoms with Crippen LogP contribution in [0.1, 0.15) is 16.1 Å². The molecule has 0 saturated heterocycles. The Morgan fingerprint density at radius 1 is 1.13 bits per heavy atom. The molecule has 7 heteroatoms. The maximum absolute atomic E-state index is 12.4. The third-order valence-corrected chi connectivity index (χ3v) is 4.82. The molecule has 23 heavy (non-hydrogen) atoms. The highest BCUT2D eigenvalue weighted by atomic mass is 32.2. The number of rotatable bonds is 4. The molecule has 0 aliphatic heterocycles. The smallest absolute Gasteiger partial charge is 0.372 e. The monoisotopic (exact) mass is 331 g/mol. The van der Waals surface area contributed by atoms with E-state index in [2.05, 4.69) is 4.72 Å². The van der Waals surface area contributed by atoms with Gasteiger partial charge in [-0.05, 0) is 37.3 Å². The van der Waals surface area contributed by atoms with E-state index in [-0.39, 0.29) is 10.7 Å². The minimum Gasteiger partial charge on any atom is -0.475 e. The minimum atomic E-state index is -3.77. The first-order chi connectivity index (χ1) is 10.9. The van der Waals surface area contributed by atoms with Gasteiger partial charge in [-0.1, -0.05) is 18.2 Å². The van der Waals surface area contributed by atoms with E-state index in [0.29, 0.717) is 22.2 Å². The average molecular weight is 331 g/mol. The van der Waals surface area contributed by atoms with Crippen molar-refractivity contribution in [2.45, 2.75) is 11.8 Å². The van der Waals surface area contributed by atoms with Crippen molar-refractivity contribution in [1.82, 2.24) is 0 Å². The van der Waals surface area contributed by atoms with Crippen LogP contribution in [0.3, 0.4) is 0 Å². The molecule has 0 radical (unpaired) electrons. The third kappa shape index (κ3) is 2.78. The van der Waals surface area contributed by atoms with Gasteiger partial charge in [-0.15, -0.1) is 0 Å². The number of furan rings is 1. The Morgan fingerprint density at radius 2 is 1.83 bits per heavy atom. The number of hydrogen-bond donors (Lipinski definition) is 2. The Balaban J connectivity index is 2.06. The van der Waals surface area contributed by atoms with Gasteiger partial charge in [-0.25, -0.2) is 13.2 Å². The number of anilines is 1. The third-order valence-electron chi connectivity index (χ3n) is 3.44. The van der Waals surface area contributed by atoms with Crippen LogP contribution in [0.25, 0.3) is 11.0 Å². The molecule has 3 aromatic rings. The first-order valence-electron chi connectivity index (χ1n) is 6.73. The molecule has 0 fully saturated rings. The fraction of sp³-hybridized carbons (Fsp3) is 0.0625. The van der Waals surface area contributed by atoms with Crippen molar-refractivity contribution in [2.24, 2.45) is 0 Å². The van der Waals surface area contributed by atoms with Crippen molar-refractivity contribution < 1.29 is 22.7 Å². The molecule has 0 aliphatic rings. The fourth-order valence-electron chi connectivity index (χ4n) is 2.29. The molecule has 118 valence electrons. The van der Waals surface area contributed by atoms with Crippen LogP contribution < -0.4 is 4.72 Å². The Morgan fingerprint density at radius 3 is 2.48 bits per heavy atom. The van der Waals surface area contributed by atoms with Gasteiger partial charge in [-0.3, -0.25) is 4.72 Å². The summed E-state index contributed by atoms with van der Waals surface area (Å²) in [6.07, 6.45) is 0. The zero-order valence-corrected chi connectivity index (χ0v) is 12.9. The van der Waals surface area contributed by atoms with Crippen LogP contribution >= 0.6 is 0 Å². The van der Waals surface area contributed by atoms with Gasteiger partial charge in [0, 0.05) is 16.6 Å². The van der Waals surface area contributed by atoms with E-state index in [1.807, 2.05) is 0 Å². The van der Waals surface area contributed by atoms with E-state index in [4.69, 9.17) is 9.52 Å². The molecule has 0 saturated carbocycles. The first-order valence-corrected chi connectivity index (χ1v) is 8.21. The molecule has 3 rings (SSSR count). The molecule has 1 heterocycles. The number of sulfonamides is 1. The molecule has 6 nitrogen and oxygen atoms in total. The summed E-state index contributed by atoms with van der Waals surface area (Å²) in [5, 5.41) is 9.52. The van der Waals surface area contributed by atoms with E-state index in [0.717, 1.165) is 0 Å². The SMILES string of the molecule is Cc1c(C(=O)O)oc2ccc(S(=O)(=O)Nc3ccccc3)cc12. The Hall–Kier alpha value is -2.80. The number of aromatic carboxylic acids is 1. The highest BCUT2D eigenvalue weighted by Crippen LogP contribution is 2.28. The van der Waals surface area contributed by atoms with Gasteiger partial charge < -0.3 is 9.52 Å². The van der Waals surface area contributed by atoms with Crippen molar-refractivity contribution in [1.29, 1.82) is 0 Å². The molecular formula is C16H13NO5S. The second-order valence-electron chi connectivity index (χ2n) is 4.99. The van der Waals surface area contributed by atoms with Crippen LogP contribution in [-0.4, -0.2) is 19.5 Å². The summed E-state index contributed by atoms with van der Waals surface area (Å²) in [6, 6.07) is 12.7. The van der Waals surface area contributed by atoms with Gasteiger partial charge >= 0.3 is 5.97 Å². The standard InChI is InChI=1S/C16H13NO5S/c1-10-13-9-12(7-8-14(13)22-15(10)16(18)19)23(20,21)17-11-5-3-2-4-6-11/h2-9,17H,1H3,(H,18,19). The molecule has 0 atom stereocenters. The predicted molar refractivity (Wildman–Crippen MR) is 85.2 cm³/mol. The van der Waals surface area contributed by atoms with Crippen LogP contribution in [0.15, 0.2) is 57.8 Å². The van der Waals surface area contributed by atoms with Crippen molar-refractivity contribution in [3.05, 3.63) is 59.9 Å². The zero-order chi connectivity index (χ0) is 16.6. The molecule has 0 spiro atoms. The number of benzene rings is 2. The summed E-state index contributed by atoms with van der Waals surface area (Å²) in [5.74, 6) is -1.38. The molecular weight excluding hydrogens is 318 g/mol. The number of carbonyl (C=O) groups is 1. The van der Waals surface area contributed by atoms with Crippen LogP contribution in [-0.2, 0) is 10.0 Å². The molecule has 0 unspecified atom stereocenters. The maximum atomic E-state index is 12.4. The maximum Gasteiger partial charge on any atom is 0.372 e. The number of para-hydroxylation sites is 1. The predicted octanol–water partition coefficient (Wildman–Crippen LogP) is 3.24. The van der Waals surface area contributed by atoms with Crippen LogP contribution in [0.2, 0.25) is 0 Å². The average Bonchev–Trinajstić information content (AvgIpc) is 2.85. The second kappa shape index (κ2) is 5.44. The Bertz CT molecular complexity index is 990. The lowest BCUT2D eigenvalue weighted by atomic mass is 10.1. The summed E-state index contributed by atoms with van der Waals surface area (Å²) in [7, 11) is -3.77. The quantitative estimate of drug-likeness (QED) is 0.765. The topological polar surface area (TPSA) is 96.6 Å². The van der Waals surface area contributed by atoms with Crippen LogP contribution in [0, 0.1) is 6.92 Å². The van der Waals surface area contributed by atoms with Gasteiger partial charge in [0.2, 0.25) is 5.76 Å². The number of hydrogen-bond acceptors (Lipinski definition) is 4. The van der Waals surface area contributed by atoms with Gasteiger partial charge in [0.1, 0.15) is 5.58 Å². The van der Waals surface area contributed by atoms with E-state index >= 15 is 0 Å². The lowest BCUT2D eigenvalue weighted by molar-refractivity contribution is 0.0664. The molecule has 2 aromatic carbocycles. The van der Waals surface area contributed by atoms with Gasteiger partial charge in [0.25, 0.3) is 10.0 Å². The second-order valence-corrected chi connectivity index (χ2v) is 6.67. The molecule has 2 N–H and O–H groups in total. The molecule has 0 aliphatic carbocycles. The normalized spacial score (nSPS) is 11.5. The van der Waals surface area contributed by atoms with Gasteiger partial charge in [0.15, 0.2) is 0 Å². The van der Waals surface area contributed by atoms with Crippen LogP contribution in [0.4, 0.5) is 5.69 Å². The fourth-order valence-corrected chi connectivity index (χ4v) is 3.38. The number of fused-ring (bicyclic) bond motifs is 1. The highest BCUT2D eigenvalue weighted by molar-refractivity contribution is 7.92. The first kappa shape index (κ1) is 15.1. The lowest BCUT2D eigenvalue weighted by Gasteiger charge is -2.07. The van der Waals surface area contributed by atoms with Crippen LogP contribution in [0.5, 0.6) is 0 Å². The van der Waals surface area contributed by atoms with Gasteiger partial charge in [-0.2, -0.15) is 0 Å². The lowest BCUT2D eigenvalue weighted by Crippen LogP contribution is -2.12. The number of aryl methyl sites for hydroxylation is 1. The van der Waals surface area contributed by atoms with E-state index in [1.54, 1.807) is 37.3 Å². The van der Waals surface area contributed by atoms with Gasteiger partial charge in [0.05, 0.1) is 4.90 Å².